The van der Waals surface area contributed by atoms with E-state index < -0.39 is 0 Å². The van der Waals surface area contributed by atoms with E-state index in [1.165, 1.54) is 12.8 Å². The first-order valence-electron chi connectivity index (χ1n) is 10.6. The summed E-state index contributed by atoms with van der Waals surface area (Å²) in [6.07, 6.45) is 2.47. The molecular weight excluding hydrogens is 382 g/mol. The van der Waals surface area contributed by atoms with Crippen LogP contribution in [0.5, 0.6) is 0 Å². The van der Waals surface area contributed by atoms with E-state index in [0.29, 0.717) is 29.1 Å². The second-order valence-corrected chi connectivity index (χ2v) is 9.03. The van der Waals surface area contributed by atoms with Gasteiger partial charge in [0.2, 0.25) is 5.91 Å². The Morgan fingerprint density at radius 3 is 2.72 bits per heavy atom. The van der Waals surface area contributed by atoms with Gasteiger partial charge in [0.15, 0.2) is 10.6 Å². The van der Waals surface area contributed by atoms with Crippen LogP contribution >= 0.6 is 12.2 Å². The average molecular weight is 416 g/mol. The fourth-order valence-electron chi connectivity index (χ4n) is 4.03. The van der Waals surface area contributed by atoms with Gasteiger partial charge in [0.05, 0.1) is 0 Å². The summed E-state index contributed by atoms with van der Waals surface area (Å²) >= 11 is 5.37. The Kier molecular flexibility index (Phi) is 7.24. The molecule has 0 saturated carbocycles. The number of piperidine rings is 1. The molecule has 1 aromatic carbocycles. The summed E-state index contributed by atoms with van der Waals surface area (Å²) in [6, 6.07) is 8.42. The molecule has 1 aromatic heterocycles. The normalized spacial score (nSPS) is 16.9. The number of amides is 1. The lowest BCUT2D eigenvalue weighted by atomic mass is 9.94. The standard InChI is InChI=1S/C22H33N5OS/c1-15(2)19(26-10-8-16(3)9-11-26)13-23-20(28)14-27-21(24-25-22(27)29)18-7-5-6-17(4)12-18/h5-7,12,15-16,19H,8-11,13-14H2,1-4H3,(H,23,28)(H,25,29). The number of H-pyrrole nitrogens is 1. The monoisotopic (exact) mass is 415 g/mol. The second-order valence-electron chi connectivity index (χ2n) is 8.64. The summed E-state index contributed by atoms with van der Waals surface area (Å²) in [7, 11) is 0. The number of nitrogens with one attached hydrogen (secondary N) is 2. The smallest absolute Gasteiger partial charge is 0.240 e. The van der Waals surface area contributed by atoms with Gasteiger partial charge in [-0.3, -0.25) is 19.4 Å². The van der Waals surface area contributed by atoms with E-state index in [1.807, 2.05) is 31.2 Å². The van der Waals surface area contributed by atoms with E-state index in [9.17, 15) is 4.79 Å². The molecule has 29 heavy (non-hydrogen) atoms. The lowest BCUT2D eigenvalue weighted by molar-refractivity contribution is -0.122. The van der Waals surface area contributed by atoms with Crippen LogP contribution in [0, 0.1) is 23.5 Å². The molecule has 2 N–H and O–H groups in total. The number of rotatable bonds is 7. The first-order valence-corrected chi connectivity index (χ1v) is 11.0. The summed E-state index contributed by atoms with van der Waals surface area (Å²) in [6.45, 7) is 11.9. The first-order chi connectivity index (χ1) is 13.8. The molecule has 0 bridgehead atoms. The van der Waals surface area contributed by atoms with Gasteiger partial charge in [-0.25, -0.2) is 0 Å². The summed E-state index contributed by atoms with van der Waals surface area (Å²) in [5, 5.41) is 10.3. The SMILES string of the molecule is Cc1cccc(-c2n[nH]c(=S)n2CC(=O)NCC(C(C)C)N2CCC(C)CC2)c1. The van der Waals surface area contributed by atoms with Crippen molar-refractivity contribution in [2.24, 2.45) is 11.8 Å². The van der Waals surface area contributed by atoms with E-state index in [2.05, 4.69) is 41.2 Å². The highest BCUT2D eigenvalue weighted by Crippen LogP contribution is 2.21. The number of hydrogen-bond donors (Lipinski definition) is 2. The van der Waals surface area contributed by atoms with Gasteiger partial charge in [0, 0.05) is 18.2 Å². The van der Waals surface area contributed by atoms with E-state index in [0.717, 1.165) is 30.1 Å². The topological polar surface area (TPSA) is 66.0 Å². The molecule has 158 valence electrons. The maximum absolute atomic E-state index is 12.7. The molecule has 3 rings (SSSR count). The van der Waals surface area contributed by atoms with Crippen LogP contribution in [0.15, 0.2) is 24.3 Å². The third-order valence-electron chi connectivity index (χ3n) is 5.90. The van der Waals surface area contributed by atoms with Crippen molar-refractivity contribution in [2.45, 2.75) is 53.1 Å². The van der Waals surface area contributed by atoms with Crippen molar-refractivity contribution >= 4 is 18.1 Å². The number of nitrogens with zero attached hydrogens (tertiary/aromatic N) is 3. The van der Waals surface area contributed by atoms with Crippen LogP contribution in [-0.2, 0) is 11.3 Å². The average Bonchev–Trinajstić information content (AvgIpc) is 3.03. The van der Waals surface area contributed by atoms with Crippen molar-refractivity contribution in [2.75, 3.05) is 19.6 Å². The van der Waals surface area contributed by atoms with Crippen molar-refractivity contribution in [3.8, 4) is 11.4 Å². The summed E-state index contributed by atoms with van der Waals surface area (Å²) < 4.78 is 2.23. The molecule has 1 amide bonds. The maximum atomic E-state index is 12.7. The van der Waals surface area contributed by atoms with Crippen molar-refractivity contribution in [3.05, 3.63) is 34.6 Å². The number of aromatic amines is 1. The molecule has 1 unspecified atom stereocenters. The molecule has 0 spiro atoms. The van der Waals surface area contributed by atoms with Crippen LogP contribution in [0.2, 0.25) is 0 Å². The molecule has 2 heterocycles. The Morgan fingerprint density at radius 1 is 1.34 bits per heavy atom. The van der Waals surface area contributed by atoms with Gasteiger partial charge in [-0.05, 0) is 63.0 Å². The Labute approximate surface area is 178 Å². The summed E-state index contributed by atoms with van der Waals surface area (Å²) in [4.78, 5) is 15.3. The fraction of sp³-hybridized carbons (Fsp3) is 0.591. The molecule has 0 aliphatic carbocycles. The Bertz CT molecular complexity index is 879. The Morgan fingerprint density at radius 2 is 2.07 bits per heavy atom. The lowest BCUT2D eigenvalue weighted by Gasteiger charge is -2.38. The molecule has 1 aliphatic heterocycles. The molecule has 6 nitrogen and oxygen atoms in total. The van der Waals surface area contributed by atoms with Gasteiger partial charge in [0.1, 0.15) is 6.54 Å². The molecule has 2 aromatic rings. The highest BCUT2D eigenvalue weighted by atomic mass is 32.1. The molecule has 7 heteroatoms. The summed E-state index contributed by atoms with van der Waals surface area (Å²) in [5.41, 5.74) is 2.09. The number of carbonyl (C=O) groups excluding carboxylic acids is 1. The van der Waals surface area contributed by atoms with Crippen molar-refractivity contribution < 1.29 is 4.79 Å². The quantitative estimate of drug-likeness (QED) is 0.675. The number of likely N-dealkylation sites (tertiary alicyclic amines) is 1. The Hall–Kier alpha value is -1.99. The molecule has 0 radical (unpaired) electrons. The maximum Gasteiger partial charge on any atom is 0.240 e. The van der Waals surface area contributed by atoms with Crippen LogP contribution in [0.25, 0.3) is 11.4 Å². The second kappa shape index (κ2) is 9.67. The van der Waals surface area contributed by atoms with E-state index in [1.54, 1.807) is 4.57 Å². The molecule has 1 aliphatic rings. The molecular formula is C22H33N5OS. The number of hydrogen-bond acceptors (Lipinski definition) is 4. The van der Waals surface area contributed by atoms with E-state index >= 15 is 0 Å². The predicted molar refractivity (Wildman–Crippen MR) is 119 cm³/mol. The van der Waals surface area contributed by atoms with Gasteiger partial charge < -0.3 is 5.32 Å². The molecule has 1 atom stereocenters. The van der Waals surface area contributed by atoms with Gasteiger partial charge >= 0.3 is 0 Å². The third kappa shape index (κ3) is 5.54. The number of aryl methyl sites for hydroxylation is 1. The van der Waals surface area contributed by atoms with Crippen LogP contribution < -0.4 is 5.32 Å². The molecule has 1 saturated heterocycles. The zero-order chi connectivity index (χ0) is 21.0. The molecule has 1 fully saturated rings. The van der Waals surface area contributed by atoms with Crippen molar-refractivity contribution in [1.82, 2.24) is 25.0 Å². The largest absolute Gasteiger partial charge is 0.353 e. The van der Waals surface area contributed by atoms with Gasteiger partial charge in [0.25, 0.3) is 0 Å². The minimum Gasteiger partial charge on any atom is -0.353 e. The van der Waals surface area contributed by atoms with Gasteiger partial charge in [-0.2, -0.15) is 5.10 Å². The van der Waals surface area contributed by atoms with Crippen molar-refractivity contribution in [3.63, 3.8) is 0 Å². The van der Waals surface area contributed by atoms with Gasteiger partial charge in [-0.1, -0.05) is 44.5 Å². The highest BCUT2D eigenvalue weighted by molar-refractivity contribution is 7.71. The van der Waals surface area contributed by atoms with E-state index in [4.69, 9.17) is 12.2 Å². The van der Waals surface area contributed by atoms with Gasteiger partial charge in [-0.15, -0.1) is 0 Å². The lowest BCUT2D eigenvalue weighted by Crippen LogP contribution is -2.50. The van der Waals surface area contributed by atoms with Crippen LogP contribution in [-0.4, -0.2) is 51.2 Å². The number of benzene rings is 1. The predicted octanol–water partition coefficient (Wildman–Crippen LogP) is 3.79. The third-order valence-corrected chi connectivity index (χ3v) is 6.21. The first kappa shape index (κ1) is 21.7. The van der Waals surface area contributed by atoms with Crippen molar-refractivity contribution in [1.29, 1.82) is 0 Å². The Balaban J connectivity index is 1.65. The zero-order valence-electron chi connectivity index (χ0n) is 17.9. The fourth-order valence-corrected chi connectivity index (χ4v) is 4.23. The minimum atomic E-state index is -0.0348. The minimum absolute atomic E-state index is 0.0348. The van der Waals surface area contributed by atoms with Crippen LogP contribution in [0.4, 0.5) is 0 Å². The van der Waals surface area contributed by atoms with E-state index in [-0.39, 0.29) is 12.5 Å². The summed E-state index contributed by atoms with van der Waals surface area (Å²) in [5.74, 6) is 1.95. The number of aromatic nitrogens is 3. The van der Waals surface area contributed by atoms with Crippen LogP contribution in [0.3, 0.4) is 0 Å². The number of carbonyl (C=O) groups is 1. The highest BCUT2D eigenvalue weighted by Gasteiger charge is 2.26. The van der Waals surface area contributed by atoms with Crippen LogP contribution in [0.1, 0.15) is 39.2 Å². The zero-order valence-corrected chi connectivity index (χ0v) is 18.8.